The molecule has 0 unspecified atom stereocenters. The molecule has 0 amide bonds. The fraction of sp³-hybridized carbons (Fsp3) is 0.0667. The average Bonchev–Trinajstić information content (AvgIpc) is 2.79. The molecule has 5 heteroatoms. The lowest BCUT2D eigenvalue weighted by Gasteiger charge is -2.04. The first-order chi connectivity index (χ1) is 9.60. The maximum Gasteiger partial charge on any atom is 0.142 e. The van der Waals surface area contributed by atoms with Crippen molar-refractivity contribution in [2.75, 3.05) is 0 Å². The highest BCUT2D eigenvalue weighted by atomic mass is 35.5. The van der Waals surface area contributed by atoms with E-state index < -0.39 is 5.82 Å². The Morgan fingerprint density at radius 2 is 1.90 bits per heavy atom. The minimum absolute atomic E-state index is 0.0462. The molecule has 1 nitrogen and oxygen atoms in total. The lowest BCUT2D eigenvalue weighted by Crippen LogP contribution is -1.86. The largest absolute Gasteiger partial charge is 0.391 e. The van der Waals surface area contributed by atoms with E-state index in [1.54, 1.807) is 12.1 Å². The molecule has 0 fully saturated rings. The van der Waals surface area contributed by atoms with Crippen LogP contribution in [0.4, 0.5) is 8.78 Å². The van der Waals surface area contributed by atoms with E-state index in [-0.39, 0.29) is 17.4 Å². The van der Waals surface area contributed by atoms with E-state index in [0.717, 1.165) is 15.6 Å². The van der Waals surface area contributed by atoms with Crippen LogP contribution in [0.15, 0.2) is 36.4 Å². The number of benzene rings is 2. The van der Waals surface area contributed by atoms with Crippen molar-refractivity contribution in [2.24, 2.45) is 0 Å². The lowest BCUT2D eigenvalue weighted by atomic mass is 10.0. The van der Waals surface area contributed by atoms with Gasteiger partial charge in [0.2, 0.25) is 0 Å². The van der Waals surface area contributed by atoms with Crippen molar-refractivity contribution in [1.82, 2.24) is 0 Å². The van der Waals surface area contributed by atoms with Crippen LogP contribution < -0.4 is 0 Å². The maximum absolute atomic E-state index is 13.6. The van der Waals surface area contributed by atoms with Gasteiger partial charge in [0, 0.05) is 20.5 Å². The molecule has 0 atom stereocenters. The third-order valence-corrected chi connectivity index (χ3v) is 4.52. The maximum atomic E-state index is 13.6. The summed E-state index contributed by atoms with van der Waals surface area (Å²) in [4.78, 5) is 0.673. The summed E-state index contributed by atoms with van der Waals surface area (Å²) in [6.45, 7) is -0.180. The zero-order valence-electron chi connectivity index (χ0n) is 10.2. The Kier molecular flexibility index (Phi) is 3.46. The van der Waals surface area contributed by atoms with Gasteiger partial charge in [-0.1, -0.05) is 17.7 Å². The number of rotatable bonds is 2. The first kappa shape index (κ1) is 13.5. The highest BCUT2D eigenvalue weighted by Crippen LogP contribution is 2.39. The van der Waals surface area contributed by atoms with E-state index in [4.69, 9.17) is 11.6 Å². The van der Waals surface area contributed by atoms with Gasteiger partial charge < -0.3 is 5.11 Å². The van der Waals surface area contributed by atoms with Crippen LogP contribution in [0, 0.1) is 11.6 Å². The molecule has 1 aromatic heterocycles. The molecule has 0 bridgehead atoms. The third kappa shape index (κ3) is 2.20. The van der Waals surface area contributed by atoms with Gasteiger partial charge in [-0.2, -0.15) is 0 Å². The predicted octanol–water partition coefficient (Wildman–Crippen LogP) is 4.99. The quantitative estimate of drug-likeness (QED) is 0.707. The lowest BCUT2D eigenvalue weighted by molar-refractivity contribution is 0.286. The van der Waals surface area contributed by atoms with Gasteiger partial charge in [0.15, 0.2) is 0 Å². The van der Waals surface area contributed by atoms with E-state index in [2.05, 4.69) is 0 Å². The van der Waals surface area contributed by atoms with Crippen LogP contribution in [0.2, 0.25) is 5.02 Å². The molecule has 0 saturated carbocycles. The van der Waals surface area contributed by atoms with Gasteiger partial charge in [-0.25, -0.2) is 8.78 Å². The summed E-state index contributed by atoms with van der Waals surface area (Å²) in [7, 11) is 0. The summed E-state index contributed by atoms with van der Waals surface area (Å²) in [5, 5.41) is 10.3. The van der Waals surface area contributed by atoms with Gasteiger partial charge in [-0.15, -0.1) is 11.3 Å². The molecule has 0 aliphatic heterocycles. The van der Waals surface area contributed by atoms with E-state index in [9.17, 15) is 13.9 Å². The monoisotopic (exact) mass is 310 g/mol. The first-order valence-corrected chi connectivity index (χ1v) is 7.07. The Bertz CT molecular complexity index is 798. The highest BCUT2D eigenvalue weighted by Gasteiger charge is 2.15. The standard InChI is InChI=1S/C15H9ClF2OS/c16-11-4-1-8(5-12(11)18)15-10-3-2-9(17)6-13(10)20-14(15)7-19/h1-6,19H,7H2. The van der Waals surface area contributed by atoms with Crippen molar-refractivity contribution in [2.45, 2.75) is 6.61 Å². The van der Waals surface area contributed by atoms with Gasteiger partial charge in [0.25, 0.3) is 0 Å². The predicted molar refractivity (Wildman–Crippen MR) is 78.1 cm³/mol. The molecule has 0 aliphatic rings. The van der Waals surface area contributed by atoms with Gasteiger partial charge in [-0.3, -0.25) is 0 Å². The molecular weight excluding hydrogens is 302 g/mol. The van der Waals surface area contributed by atoms with Gasteiger partial charge in [0.05, 0.1) is 11.6 Å². The summed E-state index contributed by atoms with van der Waals surface area (Å²) in [5.74, 6) is -0.855. The molecule has 3 rings (SSSR count). The first-order valence-electron chi connectivity index (χ1n) is 5.87. The minimum Gasteiger partial charge on any atom is -0.391 e. The molecule has 0 saturated heterocycles. The summed E-state index contributed by atoms with van der Waals surface area (Å²) in [6, 6.07) is 8.89. The van der Waals surface area contributed by atoms with Gasteiger partial charge >= 0.3 is 0 Å². The van der Waals surface area contributed by atoms with Crippen LogP contribution in [-0.2, 0) is 6.61 Å². The van der Waals surface area contributed by atoms with Crippen molar-refractivity contribution in [3.63, 3.8) is 0 Å². The molecular formula is C15H9ClF2OS. The highest BCUT2D eigenvalue weighted by molar-refractivity contribution is 7.19. The molecule has 3 aromatic rings. The van der Waals surface area contributed by atoms with Crippen molar-refractivity contribution in [3.05, 3.63) is 57.9 Å². The van der Waals surface area contributed by atoms with Crippen molar-refractivity contribution < 1.29 is 13.9 Å². The Balaban J connectivity index is 2.30. The molecule has 1 heterocycles. The van der Waals surface area contributed by atoms with Gasteiger partial charge in [0.1, 0.15) is 11.6 Å². The summed E-state index contributed by atoms with van der Waals surface area (Å²) in [6.07, 6.45) is 0. The number of halogens is 3. The second-order valence-electron chi connectivity index (χ2n) is 4.33. The molecule has 0 spiro atoms. The smallest absolute Gasteiger partial charge is 0.142 e. The summed E-state index contributed by atoms with van der Waals surface area (Å²) >= 11 is 6.98. The Hall–Kier alpha value is -1.49. The second-order valence-corrected chi connectivity index (χ2v) is 5.87. The van der Waals surface area contributed by atoms with Crippen LogP contribution in [0.25, 0.3) is 21.2 Å². The fourth-order valence-electron chi connectivity index (χ4n) is 2.20. The normalized spacial score (nSPS) is 11.2. The second kappa shape index (κ2) is 5.13. The van der Waals surface area contributed by atoms with Crippen LogP contribution in [0.5, 0.6) is 0 Å². The van der Waals surface area contributed by atoms with Crippen molar-refractivity contribution in [3.8, 4) is 11.1 Å². The summed E-state index contributed by atoms with van der Waals surface area (Å²) < 4.78 is 27.6. The summed E-state index contributed by atoms with van der Waals surface area (Å²) in [5.41, 5.74) is 1.34. The zero-order valence-corrected chi connectivity index (χ0v) is 11.7. The number of thiophene rings is 1. The van der Waals surface area contributed by atoms with Crippen molar-refractivity contribution >= 4 is 33.0 Å². The van der Waals surface area contributed by atoms with Crippen LogP contribution >= 0.6 is 22.9 Å². The van der Waals surface area contributed by atoms with E-state index in [0.29, 0.717) is 10.4 Å². The molecule has 2 aromatic carbocycles. The number of hydrogen-bond acceptors (Lipinski definition) is 2. The average molecular weight is 311 g/mol. The molecule has 20 heavy (non-hydrogen) atoms. The number of aliphatic hydroxyl groups is 1. The van der Waals surface area contributed by atoms with Crippen LogP contribution in [0.1, 0.15) is 4.88 Å². The van der Waals surface area contributed by atoms with E-state index in [1.807, 2.05) is 0 Å². The Morgan fingerprint density at radius 3 is 2.60 bits per heavy atom. The number of aliphatic hydroxyl groups excluding tert-OH is 1. The molecule has 0 aliphatic carbocycles. The molecule has 102 valence electrons. The van der Waals surface area contributed by atoms with Gasteiger partial charge in [-0.05, 0) is 35.9 Å². The van der Waals surface area contributed by atoms with E-state index in [1.165, 1.54) is 35.6 Å². The Morgan fingerprint density at radius 1 is 1.10 bits per heavy atom. The fourth-order valence-corrected chi connectivity index (χ4v) is 3.43. The van der Waals surface area contributed by atoms with Crippen molar-refractivity contribution in [1.29, 1.82) is 0 Å². The molecule has 0 radical (unpaired) electrons. The molecule has 1 N–H and O–H groups in total. The number of fused-ring (bicyclic) bond motifs is 1. The van der Waals surface area contributed by atoms with Crippen LogP contribution in [-0.4, -0.2) is 5.11 Å². The van der Waals surface area contributed by atoms with Crippen LogP contribution in [0.3, 0.4) is 0 Å². The van der Waals surface area contributed by atoms with E-state index >= 15 is 0 Å². The topological polar surface area (TPSA) is 20.2 Å². The SMILES string of the molecule is OCc1sc2cc(F)ccc2c1-c1ccc(Cl)c(F)c1. The third-order valence-electron chi connectivity index (χ3n) is 3.08. The minimum atomic E-state index is -0.519. The zero-order chi connectivity index (χ0) is 14.3. The Labute approximate surface area is 123 Å². The number of hydrogen-bond donors (Lipinski definition) is 1.